The molecule has 3 rings (SSSR count). The lowest BCUT2D eigenvalue weighted by atomic mass is 9.91. The van der Waals surface area contributed by atoms with Crippen LogP contribution in [-0.2, 0) is 26.0 Å². The van der Waals surface area contributed by atoms with E-state index in [-0.39, 0.29) is 28.0 Å². The summed E-state index contributed by atoms with van der Waals surface area (Å²) in [6, 6.07) is 5.06. The van der Waals surface area contributed by atoms with E-state index in [2.05, 4.69) is 24.1 Å². The van der Waals surface area contributed by atoms with Gasteiger partial charge in [-0.15, -0.1) is 0 Å². The molecule has 8 nitrogen and oxygen atoms in total. The van der Waals surface area contributed by atoms with Gasteiger partial charge in [0, 0.05) is 51.3 Å². The first-order valence-corrected chi connectivity index (χ1v) is 13.2. The second kappa shape index (κ2) is 10.1. The van der Waals surface area contributed by atoms with Gasteiger partial charge in [0.2, 0.25) is 21.8 Å². The predicted molar refractivity (Wildman–Crippen MR) is 130 cm³/mol. The minimum absolute atomic E-state index is 0.0111. The number of piperidine rings is 1. The number of rotatable bonds is 7. The van der Waals surface area contributed by atoms with Crippen LogP contribution in [0.2, 0.25) is 0 Å². The Morgan fingerprint density at radius 3 is 2.42 bits per heavy atom. The van der Waals surface area contributed by atoms with E-state index >= 15 is 0 Å². The molecule has 0 aromatic heterocycles. The van der Waals surface area contributed by atoms with Crippen molar-refractivity contribution in [3.05, 3.63) is 23.8 Å². The van der Waals surface area contributed by atoms with Crippen LogP contribution in [0.4, 0.5) is 5.69 Å². The van der Waals surface area contributed by atoms with Crippen LogP contribution in [0.3, 0.4) is 0 Å². The molecule has 1 aromatic rings. The zero-order chi connectivity index (χ0) is 24.4. The van der Waals surface area contributed by atoms with Crippen LogP contribution in [0.25, 0.3) is 0 Å². The van der Waals surface area contributed by atoms with Crippen molar-refractivity contribution in [2.45, 2.75) is 51.3 Å². The number of carbonyl (C=O) groups excluding carboxylic acids is 2. The van der Waals surface area contributed by atoms with Crippen LogP contribution in [0.1, 0.15) is 45.6 Å². The lowest BCUT2D eigenvalue weighted by Crippen LogP contribution is -2.46. The highest BCUT2D eigenvalue weighted by Crippen LogP contribution is 2.31. The molecule has 0 atom stereocenters. The van der Waals surface area contributed by atoms with Crippen molar-refractivity contribution >= 4 is 27.5 Å². The third-order valence-corrected chi connectivity index (χ3v) is 8.39. The quantitative estimate of drug-likeness (QED) is 0.648. The van der Waals surface area contributed by atoms with Crippen molar-refractivity contribution in [2.75, 3.05) is 51.7 Å². The molecule has 0 radical (unpaired) electrons. The second-order valence-corrected chi connectivity index (χ2v) is 12.3. The minimum Gasteiger partial charge on any atom is -0.355 e. The summed E-state index contributed by atoms with van der Waals surface area (Å²) in [5.41, 5.74) is 1.67. The first kappa shape index (κ1) is 25.6. The normalized spacial score (nSPS) is 18.3. The maximum atomic E-state index is 13.3. The molecule has 1 saturated heterocycles. The molecule has 0 aliphatic carbocycles. The average molecular weight is 479 g/mol. The highest BCUT2D eigenvalue weighted by Gasteiger charge is 2.33. The molecule has 9 heteroatoms. The summed E-state index contributed by atoms with van der Waals surface area (Å²) in [5.74, 6) is -0.187. The number of hydrogen-bond donors (Lipinski definition) is 1. The standard InChI is InChI=1S/C24H38N4O4S/c1-18(29)28-12-6-7-20-15-21(8-9-22(20)28)33(31,32)27-13-10-19(11-14-27)23(30)25-16-24(2,3)17-26(4)5/h8-9,15,19H,6-7,10-14,16-17H2,1-5H3,(H,25,30). The number of benzene rings is 1. The third kappa shape index (κ3) is 6.13. The zero-order valence-corrected chi connectivity index (χ0v) is 21.4. The lowest BCUT2D eigenvalue weighted by Gasteiger charge is -2.33. The van der Waals surface area contributed by atoms with Crippen LogP contribution >= 0.6 is 0 Å². The Kier molecular flexibility index (Phi) is 7.86. The molecule has 2 heterocycles. The van der Waals surface area contributed by atoms with Crippen molar-refractivity contribution in [1.29, 1.82) is 0 Å². The summed E-state index contributed by atoms with van der Waals surface area (Å²) >= 11 is 0. The number of carbonyl (C=O) groups is 2. The van der Waals surface area contributed by atoms with Crippen molar-refractivity contribution in [3.63, 3.8) is 0 Å². The Bertz CT molecular complexity index is 982. The number of nitrogens with zero attached hydrogens (tertiary/aromatic N) is 3. The highest BCUT2D eigenvalue weighted by atomic mass is 32.2. The predicted octanol–water partition coefficient (Wildman–Crippen LogP) is 2.09. The molecule has 0 unspecified atom stereocenters. The van der Waals surface area contributed by atoms with Gasteiger partial charge in [-0.3, -0.25) is 9.59 Å². The number of sulfonamides is 1. The molecule has 0 bridgehead atoms. The smallest absolute Gasteiger partial charge is 0.243 e. The summed E-state index contributed by atoms with van der Waals surface area (Å²) < 4.78 is 28.0. The van der Waals surface area contributed by atoms with Crippen molar-refractivity contribution in [3.8, 4) is 0 Å². The van der Waals surface area contributed by atoms with E-state index in [4.69, 9.17) is 0 Å². The number of amides is 2. The Morgan fingerprint density at radius 1 is 1.15 bits per heavy atom. The summed E-state index contributed by atoms with van der Waals surface area (Å²) in [4.78, 5) is 28.6. The monoisotopic (exact) mass is 478 g/mol. The fraction of sp³-hybridized carbons (Fsp3) is 0.667. The fourth-order valence-corrected chi connectivity index (χ4v) is 6.47. The van der Waals surface area contributed by atoms with E-state index in [1.807, 2.05) is 14.1 Å². The van der Waals surface area contributed by atoms with Crippen LogP contribution in [0.5, 0.6) is 0 Å². The van der Waals surface area contributed by atoms with E-state index in [1.165, 1.54) is 11.2 Å². The Hall–Kier alpha value is -1.97. The van der Waals surface area contributed by atoms with Gasteiger partial charge in [-0.2, -0.15) is 4.31 Å². The first-order chi connectivity index (χ1) is 15.4. The van der Waals surface area contributed by atoms with Crippen LogP contribution in [0, 0.1) is 11.3 Å². The summed E-state index contributed by atoms with van der Waals surface area (Å²) in [6.45, 7) is 8.56. The van der Waals surface area contributed by atoms with Crippen LogP contribution in [-0.4, -0.2) is 76.3 Å². The number of fused-ring (bicyclic) bond motifs is 1. The van der Waals surface area contributed by atoms with Crippen molar-refractivity contribution < 1.29 is 18.0 Å². The highest BCUT2D eigenvalue weighted by molar-refractivity contribution is 7.89. The van der Waals surface area contributed by atoms with Gasteiger partial charge in [0.05, 0.1) is 4.90 Å². The molecule has 2 aliphatic heterocycles. The van der Waals surface area contributed by atoms with Gasteiger partial charge < -0.3 is 15.1 Å². The van der Waals surface area contributed by atoms with Crippen molar-refractivity contribution in [1.82, 2.24) is 14.5 Å². The van der Waals surface area contributed by atoms with E-state index < -0.39 is 10.0 Å². The van der Waals surface area contributed by atoms with Gasteiger partial charge in [0.1, 0.15) is 0 Å². The first-order valence-electron chi connectivity index (χ1n) is 11.7. The number of aryl methyl sites for hydroxylation is 1. The van der Waals surface area contributed by atoms with E-state index in [0.29, 0.717) is 39.0 Å². The molecule has 1 N–H and O–H groups in total. The third-order valence-electron chi connectivity index (χ3n) is 6.50. The maximum absolute atomic E-state index is 13.3. The molecule has 2 aliphatic rings. The van der Waals surface area contributed by atoms with Gasteiger partial charge in [-0.05, 0) is 69.0 Å². The topological polar surface area (TPSA) is 90.0 Å². The molecule has 184 valence electrons. The minimum atomic E-state index is -3.64. The largest absolute Gasteiger partial charge is 0.355 e. The zero-order valence-electron chi connectivity index (χ0n) is 20.6. The Labute approximate surface area is 198 Å². The lowest BCUT2D eigenvalue weighted by molar-refractivity contribution is -0.126. The van der Waals surface area contributed by atoms with E-state index in [9.17, 15) is 18.0 Å². The molecule has 0 saturated carbocycles. The number of nitrogens with one attached hydrogen (secondary N) is 1. The van der Waals surface area contributed by atoms with Gasteiger partial charge in [-0.1, -0.05) is 13.8 Å². The summed E-state index contributed by atoms with van der Waals surface area (Å²) in [7, 11) is 0.392. The van der Waals surface area contributed by atoms with Crippen LogP contribution < -0.4 is 10.2 Å². The van der Waals surface area contributed by atoms with Gasteiger partial charge in [0.15, 0.2) is 0 Å². The fourth-order valence-electron chi connectivity index (χ4n) is 4.95. The Balaban J connectivity index is 1.61. The van der Waals surface area contributed by atoms with Crippen LogP contribution in [0.15, 0.2) is 23.1 Å². The number of anilines is 1. The average Bonchev–Trinajstić information content (AvgIpc) is 2.75. The Morgan fingerprint density at radius 2 is 1.82 bits per heavy atom. The van der Waals surface area contributed by atoms with Gasteiger partial charge in [0.25, 0.3) is 0 Å². The van der Waals surface area contributed by atoms with Gasteiger partial charge >= 0.3 is 0 Å². The maximum Gasteiger partial charge on any atom is 0.243 e. The molecule has 1 fully saturated rings. The molecule has 33 heavy (non-hydrogen) atoms. The SMILES string of the molecule is CC(=O)N1CCCc2cc(S(=O)(=O)N3CCC(C(=O)NCC(C)(C)CN(C)C)CC3)ccc21. The second-order valence-electron chi connectivity index (χ2n) is 10.4. The number of hydrogen-bond acceptors (Lipinski definition) is 5. The van der Waals surface area contributed by atoms with E-state index in [0.717, 1.165) is 30.6 Å². The van der Waals surface area contributed by atoms with Gasteiger partial charge in [-0.25, -0.2) is 8.42 Å². The molecule has 1 aromatic carbocycles. The van der Waals surface area contributed by atoms with E-state index in [1.54, 1.807) is 23.1 Å². The summed E-state index contributed by atoms with van der Waals surface area (Å²) in [6.07, 6.45) is 2.61. The molecule has 0 spiro atoms. The summed E-state index contributed by atoms with van der Waals surface area (Å²) in [5, 5.41) is 3.06. The molecular formula is C24H38N4O4S. The molecular weight excluding hydrogens is 440 g/mol. The van der Waals surface area contributed by atoms with Crippen molar-refractivity contribution in [2.24, 2.45) is 11.3 Å². The molecule has 2 amide bonds.